The van der Waals surface area contributed by atoms with Crippen LogP contribution in [-0.2, 0) is 25.8 Å². The molecule has 170 valence electrons. The van der Waals surface area contributed by atoms with E-state index in [2.05, 4.69) is 47.6 Å². The lowest BCUT2D eigenvalue weighted by Gasteiger charge is -2.16. The van der Waals surface area contributed by atoms with Crippen molar-refractivity contribution in [3.8, 4) is 17.2 Å². The third-order valence-electron chi connectivity index (χ3n) is 5.38. The van der Waals surface area contributed by atoms with Gasteiger partial charge in [-0.1, -0.05) is 60.6 Å². The summed E-state index contributed by atoms with van der Waals surface area (Å²) in [6.07, 6.45) is 3.41. The molecule has 2 N–H and O–H groups in total. The average molecular weight is 456 g/mol. The lowest BCUT2D eigenvalue weighted by atomic mass is 9.85. The minimum absolute atomic E-state index is 0.00427. The van der Waals surface area contributed by atoms with Crippen LogP contribution in [0.1, 0.15) is 44.7 Å². The summed E-state index contributed by atoms with van der Waals surface area (Å²) >= 11 is 0. The molecule has 3 unspecified atom stereocenters. The van der Waals surface area contributed by atoms with E-state index < -0.39 is 16.2 Å². The zero-order chi connectivity index (χ0) is 23.7. The summed E-state index contributed by atoms with van der Waals surface area (Å²) in [7, 11) is -0.843. The number of nitrogens with zero attached hydrogens (tertiary/aromatic N) is 2. The van der Waals surface area contributed by atoms with E-state index >= 15 is 0 Å². The molecule has 0 aromatic heterocycles. The van der Waals surface area contributed by atoms with E-state index in [1.807, 2.05) is 32.9 Å². The highest BCUT2D eigenvalue weighted by Gasteiger charge is 2.25. The van der Waals surface area contributed by atoms with Gasteiger partial charge in [0.1, 0.15) is 6.10 Å². The lowest BCUT2D eigenvalue weighted by molar-refractivity contribution is -0.116. The van der Waals surface area contributed by atoms with Crippen LogP contribution in [-0.4, -0.2) is 39.1 Å². The van der Waals surface area contributed by atoms with Crippen LogP contribution >= 0.6 is 0 Å². The van der Waals surface area contributed by atoms with Gasteiger partial charge in [0.25, 0.3) is 0 Å². The summed E-state index contributed by atoms with van der Waals surface area (Å²) in [6, 6.07) is 18.8. The number of nitriles is 1. The number of hydrogen-bond acceptors (Lipinski definition) is 6. The van der Waals surface area contributed by atoms with E-state index in [4.69, 9.17) is 14.8 Å². The van der Waals surface area contributed by atoms with Crippen molar-refractivity contribution in [1.29, 1.82) is 5.26 Å². The van der Waals surface area contributed by atoms with E-state index in [9.17, 15) is 9.47 Å². The molecule has 32 heavy (non-hydrogen) atoms. The molecule has 0 saturated heterocycles. The average Bonchev–Trinajstić information content (AvgIpc) is 3.27. The van der Waals surface area contributed by atoms with E-state index in [1.54, 1.807) is 6.26 Å². The molecule has 2 aromatic carbocycles. The Labute approximate surface area is 191 Å². The van der Waals surface area contributed by atoms with Gasteiger partial charge in [0.05, 0.1) is 17.2 Å². The number of benzene rings is 2. The molecule has 3 rings (SSSR count). The summed E-state index contributed by atoms with van der Waals surface area (Å²) in [5.41, 5.74) is 6.01. The Balaban J connectivity index is 0.000000837. The maximum atomic E-state index is 11.6. The highest BCUT2D eigenvalue weighted by atomic mass is 32.2. The van der Waals surface area contributed by atoms with Gasteiger partial charge >= 0.3 is 0 Å². The highest BCUT2D eigenvalue weighted by Crippen LogP contribution is 2.27. The van der Waals surface area contributed by atoms with Gasteiger partial charge in [0.15, 0.2) is 0 Å². The van der Waals surface area contributed by atoms with Gasteiger partial charge in [-0.15, -0.1) is 0 Å². The Morgan fingerprint density at radius 1 is 1.22 bits per heavy atom. The van der Waals surface area contributed by atoms with Crippen LogP contribution in [0.4, 0.5) is 0 Å². The molecule has 0 fully saturated rings. The maximum absolute atomic E-state index is 11.6. The maximum Gasteiger partial charge on any atom is 0.230 e. The third-order valence-corrected chi connectivity index (χ3v) is 6.71. The van der Waals surface area contributed by atoms with Gasteiger partial charge in [-0.05, 0) is 36.1 Å². The van der Waals surface area contributed by atoms with Crippen molar-refractivity contribution in [2.45, 2.75) is 50.4 Å². The molecule has 1 aliphatic heterocycles. The molecule has 7 nitrogen and oxygen atoms in total. The van der Waals surface area contributed by atoms with Crippen LogP contribution < -0.4 is 5.48 Å². The fraction of sp³-hybridized carbons (Fsp3) is 0.375. The van der Waals surface area contributed by atoms with E-state index in [1.165, 1.54) is 5.48 Å². The number of carbonyl (C=O) groups excluding carboxylic acids is 1. The number of hydroxylamine groups is 1. The number of carbonyl (C=O) groups is 1. The van der Waals surface area contributed by atoms with Crippen LogP contribution in [0.2, 0.25) is 0 Å². The van der Waals surface area contributed by atoms with Gasteiger partial charge < -0.3 is 4.84 Å². The summed E-state index contributed by atoms with van der Waals surface area (Å²) in [6.45, 7) is 5.83. The van der Waals surface area contributed by atoms with Gasteiger partial charge in [-0.25, -0.2) is 5.48 Å². The predicted molar refractivity (Wildman–Crippen MR) is 126 cm³/mol. The topological polar surface area (TPSA) is 112 Å². The molecule has 2 aromatic rings. The van der Waals surface area contributed by atoms with Crippen LogP contribution in [0, 0.1) is 11.3 Å². The quantitative estimate of drug-likeness (QED) is 0.373. The zero-order valence-corrected chi connectivity index (χ0v) is 19.6. The Morgan fingerprint density at radius 2 is 1.72 bits per heavy atom. The normalized spacial score (nSPS) is 17.0. The first-order valence-corrected chi connectivity index (χ1v) is 11.8. The van der Waals surface area contributed by atoms with Crippen molar-refractivity contribution < 1.29 is 19.0 Å². The van der Waals surface area contributed by atoms with Gasteiger partial charge in [-0.2, -0.15) is 5.26 Å². The van der Waals surface area contributed by atoms with Crippen molar-refractivity contribution >= 4 is 22.9 Å². The molecule has 1 aliphatic rings. The SMILES string of the molecule is CC(CC1CC(c2ccc(-c3ccc(C(C)(C)C#N)cc3)cc2)=NO1)S(C)=O.O=CNO. The van der Waals surface area contributed by atoms with Crippen LogP contribution in [0.3, 0.4) is 0 Å². The highest BCUT2D eigenvalue weighted by molar-refractivity contribution is 7.84. The second-order valence-corrected chi connectivity index (χ2v) is 9.95. The van der Waals surface area contributed by atoms with Gasteiger partial charge in [0, 0.05) is 35.1 Å². The van der Waals surface area contributed by atoms with Crippen LogP contribution in [0.15, 0.2) is 53.7 Å². The number of rotatable bonds is 7. The number of oxime groups is 1. The Hall–Kier alpha value is -3.02. The van der Waals surface area contributed by atoms with E-state index in [-0.39, 0.29) is 17.8 Å². The first-order chi connectivity index (χ1) is 15.2. The second kappa shape index (κ2) is 11.6. The molecule has 0 radical (unpaired) electrons. The van der Waals surface area contributed by atoms with Crippen LogP contribution in [0.5, 0.6) is 0 Å². The summed E-state index contributed by atoms with van der Waals surface area (Å²) in [5.74, 6) is 0. The Morgan fingerprint density at radius 3 is 2.19 bits per heavy atom. The predicted octanol–water partition coefficient (Wildman–Crippen LogP) is 3.93. The molecule has 8 heteroatoms. The number of hydrogen-bond donors (Lipinski definition) is 2. The Bertz CT molecular complexity index is 995. The Kier molecular flexibility index (Phi) is 9.12. The smallest absolute Gasteiger partial charge is 0.230 e. The largest absolute Gasteiger partial charge is 0.392 e. The third kappa shape index (κ3) is 6.74. The van der Waals surface area contributed by atoms with E-state index in [0.29, 0.717) is 0 Å². The molecule has 1 heterocycles. The van der Waals surface area contributed by atoms with Crippen molar-refractivity contribution in [3.05, 3.63) is 59.7 Å². The minimum atomic E-state index is -0.843. The first-order valence-electron chi connectivity index (χ1n) is 10.2. The molecule has 0 saturated carbocycles. The summed E-state index contributed by atoms with van der Waals surface area (Å²) in [5, 5.41) is 20.9. The number of amides is 1. The molecular formula is C24H29N3O4S. The zero-order valence-electron chi connectivity index (χ0n) is 18.7. The van der Waals surface area contributed by atoms with Crippen molar-refractivity contribution in [2.75, 3.05) is 6.26 Å². The minimum Gasteiger partial charge on any atom is -0.392 e. The molecule has 0 aliphatic carbocycles. The van der Waals surface area contributed by atoms with Gasteiger partial charge in [-0.3, -0.25) is 14.2 Å². The molecule has 1 amide bonds. The summed E-state index contributed by atoms with van der Waals surface area (Å²) in [4.78, 5) is 14.4. The van der Waals surface area contributed by atoms with Gasteiger partial charge in [0.2, 0.25) is 6.41 Å². The standard InChI is InChI=1S/C23H26N2O2S.CH3NO2/c1-16(28(4)26)13-21-14-22(25-27-21)19-7-5-17(6-8-19)18-9-11-20(12-10-18)23(2,3)15-24;3-1-2-4/h5-12,16,21H,13-14H2,1-4H3;1,4H,(H,2,3). The molecule has 0 bridgehead atoms. The fourth-order valence-corrected chi connectivity index (χ4v) is 3.72. The second-order valence-electron chi connectivity index (χ2n) is 8.15. The van der Waals surface area contributed by atoms with Crippen molar-refractivity contribution in [1.82, 2.24) is 5.48 Å². The monoisotopic (exact) mass is 455 g/mol. The number of nitrogens with one attached hydrogen (secondary N) is 1. The fourth-order valence-electron chi connectivity index (χ4n) is 3.23. The first kappa shape index (κ1) is 25.2. The van der Waals surface area contributed by atoms with Crippen molar-refractivity contribution in [3.63, 3.8) is 0 Å². The molecular weight excluding hydrogens is 426 g/mol. The van der Waals surface area contributed by atoms with Crippen molar-refractivity contribution in [2.24, 2.45) is 5.16 Å². The summed E-state index contributed by atoms with van der Waals surface area (Å²) < 4.78 is 11.6. The lowest BCUT2D eigenvalue weighted by Crippen LogP contribution is -2.19. The van der Waals surface area contributed by atoms with Crippen LogP contribution in [0.25, 0.3) is 11.1 Å². The molecule has 0 spiro atoms. The molecule has 3 atom stereocenters. The van der Waals surface area contributed by atoms with E-state index in [0.717, 1.165) is 40.8 Å².